The molecule has 0 bridgehead atoms. The summed E-state index contributed by atoms with van der Waals surface area (Å²) >= 11 is 0. The van der Waals surface area contributed by atoms with Gasteiger partial charge in [0.25, 0.3) is 0 Å². The summed E-state index contributed by atoms with van der Waals surface area (Å²) in [5.41, 5.74) is -0.826. The first kappa shape index (κ1) is 11.9. The van der Waals surface area contributed by atoms with Crippen LogP contribution in [0.4, 0.5) is 0 Å². The molecule has 0 aromatic heterocycles. The normalized spacial score (nSPS) is 28.9. The molecule has 2 saturated carbocycles. The molecule has 2 aliphatic rings. The van der Waals surface area contributed by atoms with Gasteiger partial charge < -0.3 is 15.5 Å². The van der Waals surface area contributed by atoms with E-state index in [1.165, 1.54) is 12.8 Å². The van der Waals surface area contributed by atoms with Crippen molar-refractivity contribution in [3.05, 3.63) is 0 Å². The molecule has 2 fully saturated rings. The van der Waals surface area contributed by atoms with E-state index in [4.69, 9.17) is 0 Å². The molecule has 2 aliphatic carbocycles. The number of carbonyl (C=O) groups is 1. The fraction of sp³-hybridized carbons (Fsp3) is 0.917. The number of amides is 1. The zero-order valence-corrected chi connectivity index (χ0v) is 9.78. The summed E-state index contributed by atoms with van der Waals surface area (Å²) in [6, 6.07) is 0. The van der Waals surface area contributed by atoms with Gasteiger partial charge in [-0.2, -0.15) is 0 Å². The highest BCUT2D eigenvalue weighted by molar-refractivity contribution is 5.82. The zero-order valence-electron chi connectivity index (χ0n) is 9.78. The van der Waals surface area contributed by atoms with Crippen LogP contribution in [0.25, 0.3) is 0 Å². The molecule has 1 amide bonds. The summed E-state index contributed by atoms with van der Waals surface area (Å²) in [5, 5.41) is 21.3. The molecule has 4 nitrogen and oxygen atoms in total. The van der Waals surface area contributed by atoms with Gasteiger partial charge in [0.15, 0.2) is 0 Å². The molecule has 3 N–H and O–H groups in total. The van der Waals surface area contributed by atoms with Crippen molar-refractivity contribution in [2.45, 2.75) is 38.1 Å². The Balaban J connectivity index is 1.86. The van der Waals surface area contributed by atoms with Crippen molar-refractivity contribution in [2.24, 2.45) is 17.8 Å². The minimum atomic E-state index is -0.826. The standard InChI is InChI=1S/C12H21NO3/c1-2-12(6-14,7-15)13-11(16)10-5-9(10)8-3-4-8/h8-10,14-15H,2-7H2,1H3,(H,13,16)/t9-,10-/m0/s1. The van der Waals surface area contributed by atoms with Gasteiger partial charge in [-0.1, -0.05) is 6.92 Å². The fourth-order valence-corrected chi connectivity index (χ4v) is 2.36. The SMILES string of the molecule is CCC(CO)(CO)NC(=O)[C@H]1C[C@H]1C1CC1. The molecular weight excluding hydrogens is 206 g/mol. The highest BCUT2D eigenvalue weighted by atomic mass is 16.3. The Hall–Kier alpha value is -0.610. The third-order valence-corrected chi connectivity index (χ3v) is 4.07. The molecule has 0 aromatic rings. The van der Waals surface area contributed by atoms with Gasteiger partial charge >= 0.3 is 0 Å². The molecule has 0 spiro atoms. The van der Waals surface area contributed by atoms with Gasteiger partial charge in [-0.15, -0.1) is 0 Å². The number of carbonyl (C=O) groups excluding carboxylic acids is 1. The Bertz CT molecular complexity index is 263. The molecule has 0 unspecified atom stereocenters. The van der Waals surface area contributed by atoms with Gasteiger partial charge in [0.2, 0.25) is 5.91 Å². The first-order valence-electron chi connectivity index (χ1n) is 6.19. The summed E-state index contributed by atoms with van der Waals surface area (Å²) in [5.74, 6) is 1.50. The maximum atomic E-state index is 11.9. The molecule has 0 heterocycles. The van der Waals surface area contributed by atoms with E-state index in [1.807, 2.05) is 6.92 Å². The maximum absolute atomic E-state index is 11.9. The van der Waals surface area contributed by atoms with Crippen LogP contribution in [0.1, 0.15) is 32.6 Å². The highest BCUT2D eigenvalue weighted by Crippen LogP contribution is 2.54. The van der Waals surface area contributed by atoms with E-state index in [9.17, 15) is 15.0 Å². The van der Waals surface area contributed by atoms with Crippen molar-refractivity contribution in [1.29, 1.82) is 0 Å². The van der Waals surface area contributed by atoms with E-state index in [1.54, 1.807) is 0 Å². The van der Waals surface area contributed by atoms with Crippen molar-refractivity contribution in [1.82, 2.24) is 5.32 Å². The van der Waals surface area contributed by atoms with E-state index in [0.29, 0.717) is 12.3 Å². The van der Waals surface area contributed by atoms with Crippen molar-refractivity contribution in [3.8, 4) is 0 Å². The van der Waals surface area contributed by atoms with Crippen LogP contribution in [0.3, 0.4) is 0 Å². The van der Waals surface area contributed by atoms with Crippen molar-refractivity contribution < 1.29 is 15.0 Å². The number of aliphatic hydroxyl groups excluding tert-OH is 2. The molecule has 92 valence electrons. The topological polar surface area (TPSA) is 69.6 Å². The van der Waals surface area contributed by atoms with Crippen LogP contribution in [0.2, 0.25) is 0 Å². The lowest BCUT2D eigenvalue weighted by Crippen LogP contribution is -2.54. The Morgan fingerprint density at radius 3 is 2.44 bits per heavy atom. The average Bonchev–Trinajstić information content (AvgIpc) is 3.17. The largest absolute Gasteiger partial charge is 0.394 e. The third kappa shape index (κ3) is 2.23. The first-order valence-corrected chi connectivity index (χ1v) is 6.19. The Kier molecular flexibility index (Phi) is 3.22. The smallest absolute Gasteiger partial charge is 0.224 e. The first-order chi connectivity index (χ1) is 7.65. The lowest BCUT2D eigenvalue weighted by Gasteiger charge is -2.29. The van der Waals surface area contributed by atoms with Crippen molar-refractivity contribution in [2.75, 3.05) is 13.2 Å². The van der Waals surface area contributed by atoms with Crippen LogP contribution >= 0.6 is 0 Å². The second-order valence-corrected chi connectivity index (χ2v) is 5.28. The van der Waals surface area contributed by atoms with Crippen LogP contribution in [-0.2, 0) is 4.79 Å². The Morgan fingerprint density at radius 2 is 2.00 bits per heavy atom. The van der Waals surface area contributed by atoms with Gasteiger partial charge in [-0.3, -0.25) is 4.79 Å². The highest BCUT2D eigenvalue weighted by Gasteiger charge is 2.52. The van der Waals surface area contributed by atoms with E-state index < -0.39 is 5.54 Å². The summed E-state index contributed by atoms with van der Waals surface area (Å²) in [7, 11) is 0. The molecule has 0 aliphatic heterocycles. The molecule has 2 rings (SSSR count). The molecular formula is C12H21NO3. The monoisotopic (exact) mass is 227 g/mol. The molecule has 0 saturated heterocycles. The quantitative estimate of drug-likeness (QED) is 0.610. The number of aliphatic hydroxyl groups is 2. The van der Waals surface area contributed by atoms with Gasteiger partial charge in [0, 0.05) is 5.92 Å². The second-order valence-electron chi connectivity index (χ2n) is 5.28. The van der Waals surface area contributed by atoms with E-state index in [0.717, 1.165) is 12.3 Å². The lowest BCUT2D eigenvalue weighted by atomic mass is 9.98. The number of hydrogen-bond donors (Lipinski definition) is 3. The summed E-state index contributed by atoms with van der Waals surface area (Å²) in [4.78, 5) is 11.9. The van der Waals surface area contributed by atoms with Crippen LogP contribution in [0.15, 0.2) is 0 Å². The predicted octanol–water partition coefficient (Wildman–Crippen LogP) is 0.282. The van der Waals surface area contributed by atoms with Gasteiger partial charge in [0.1, 0.15) is 0 Å². The van der Waals surface area contributed by atoms with Crippen LogP contribution in [-0.4, -0.2) is 34.9 Å². The fourth-order valence-electron chi connectivity index (χ4n) is 2.36. The molecule has 2 atom stereocenters. The summed E-state index contributed by atoms with van der Waals surface area (Å²) in [6.07, 6.45) is 4.08. The Labute approximate surface area is 96.0 Å². The lowest BCUT2D eigenvalue weighted by molar-refractivity contribution is -0.126. The molecule has 0 aromatic carbocycles. The Morgan fingerprint density at radius 1 is 1.38 bits per heavy atom. The number of rotatable bonds is 6. The van der Waals surface area contributed by atoms with Gasteiger partial charge in [-0.05, 0) is 37.5 Å². The third-order valence-electron chi connectivity index (χ3n) is 4.07. The van der Waals surface area contributed by atoms with E-state index in [2.05, 4.69) is 5.32 Å². The summed E-state index contributed by atoms with van der Waals surface area (Å²) < 4.78 is 0. The van der Waals surface area contributed by atoms with Crippen molar-refractivity contribution >= 4 is 5.91 Å². The summed E-state index contributed by atoms with van der Waals surface area (Å²) in [6.45, 7) is 1.46. The molecule has 4 heteroatoms. The van der Waals surface area contributed by atoms with Crippen molar-refractivity contribution in [3.63, 3.8) is 0 Å². The van der Waals surface area contributed by atoms with E-state index >= 15 is 0 Å². The predicted molar refractivity (Wildman–Crippen MR) is 59.7 cm³/mol. The number of nitrogens with one attached hydrogen (secondary N) is 1. The molecule has 0 radical (unpaired) electrons. The number of hydrogen-bond acceptors (Lipinski definition) is 3. The van der Waals surface area contributed by atoms with Gasteiger partial charge in [0.05, 0.1) is 18.8 Å². The zero-order chi connectivity index (χ0) is 11.8. The maximum Gasteiger partial charge on any atom is 0.224 e. The second kappa shape index (κ2) is 4.34. The minimum Gasteiger partial charge on any atom is -0.394 e. The van der Waals surface area contributed by atoms with Gasteiger partial charge in [-0.25, -0.2) is 0 Å². The van der Waals surface area contributed by atoms with Crippen LogP contribution < -0.4 is 5.32 Å². The van der Waals surface area contributed by atoms with Crippen LogP contribution in [0.5, 0.6) is 0 Å². The minimum absolute atomic E-state index is 0.0156. The molecule has 16 heavy (non-hydrogen) atoms. The average molecular weight is 227 g/mol. The van der Waals surface area contributed by atoms with E-state index in [-0.39, 0.29) is 25.0 Å². The van der Waals surface area contributed by atoms with Crippen LogP contribution in [0, 0.1) is 17.8 Å².